The largest absolute Gasteiger partial charge is 0.472 e. The Morgan fingerprint density at radius 1 is 1.12 bits per heavy atom. The highest BCUT2D eigenvalue weighted by atomic mass is 16.7. The van der Waals surface area contributed by atoms with Crippen molar-refractivity contribution in [3.8, 4) is 0 Å². The van der Waals surface area contributed by atoms with Gasteiger partial charge in [-0.25, -0.2) is 0 Å². The van der Waals surface area contributed by atoms with E-state index in [9.17, 15) is 9.59 Å². The maximum Gasteiger partial charge on any atom is 0.310 e. The molecule has 2 bridgehead atoms. The Balaban J connectivity index is 1.46. The van der Waals surface area contributed by atoms with Gasteiger partial charge in [0.25, 0.3) is 0 Å². The molecule has 0 unspecified atom stereocenters. The van der Waals surface area contributed by atoms with Crippen LogP contribution in [0.15, 0.2) is 12.3 Å². The molecule has 0 amide bonds. The molecule has 34 heavy (non-hydrogen) atoms. The summed E-state index contributed by atoms with van der Waals surface area (Å²) in [5, 5.41) is 0. The van der Waals surface area contributed by atoms with Gasteiger partial charge >= 0.3 is 11.9 Å². The topological polar surface area (TPSA) is 92.8 Å². The SMILES string of the molecule is CC(=O)O[C@H]1C[C@@H](C)[C@](C)([C@@H]2C[C@H]3C=CO[C@H]3O2)[C@H]2C[C@@H]3C[C@]4(CO4)[C@]12[C@@H](OC(=O)C(C)C)O3. The van der Waals surface area contributed by atoms with Gasteiger partial charge in [-0.15, -0.1) is 0 Å². The second kappa shape index (κ2) is 7.43. The molecule has 7 rings (SSSR count). The van der Waals surface area contributed by atoms with E-state index in [1.165, 1.54) is 6.92 Å². The summed E-state index contributed by atoms with van der Waals surface area (Å²) in [6.07, 6.45) is 5.21. The number of epoxide rings is 1. The van der Waals surface area contributed by atoms with E-state index in [2.05, 4.69) is 19.9 Å². The molecule has 11 atom stereocenters. The lowest BCUT2D eigenvalue weighted by Gasteiger charge is -2.69. The number of ether oxygens (including phenoxy) is 6. The molecule has 0 aromatic heterocycles. The Kier molecular flexibility index (Phi) is 4.98. The Labute approximate surface area is 200 Å². The van der Waals surface area contributed by atoms with Crippen LogP contribution in [0.3, 0.4) is 0 Å². The summed E-state index contributed by atoms with van der Waals surface area (Å²) < 4.78 is 37.1. The molecule has 6 fully saturated rings. The van der Waals surface area contributed by atoms with Crippen molar-refractivity contribution in [1.29, 1.82) is 0 Å². The van der Waals surface area contributed by atoms with Gasteiger partial charge in [0.15, 0.2) is 0 Å². The lowest BCUT2D eigenvalue weighted by atomic mass is 9.40. The minimum atomic E-state index is -0.823. The van der Waals surface area contributed by atoms with E-state index >= 15 is 0 Å². The molecule has 4 saturated heterocycles. The van der Waals surface area contributed by atoms with Gasteiger partial charge in [0.2, 0.25) is 12.6 Å². The van der Waals surface area contributed by atoms with Crippen LogP contribution in [0.5, 0.6) is 0 Å². The number of rotatable bonds is 4. The van der Waals surface area contributed by atoms with Crippen LogP contribution in [0.4, 0.5) is 0 Å². The van der Waals surface area contributed by atoms with Crippen LogP contribution in [0, 0.1) is 34.5 Å². The Morgan fingerprint density at radius 3 is 2.53 bits per heavy atom. The summed E-state index contributed by atoms with van der Waals surface area (Å²) in [6, 6.07) is 0. The maximum atomic E-state index is 12.8. The van der Waals surface area contributed by atoms with Gasteiger partial charge in [-0.05, 0) is 37.2 Å². The van der Waals surface area contributed by atoms with Gasteiger partial charge in [0.1, 0.15) is 17.1 Å². The normalized spacial score (nSPS) is 52.3. The molecule has 188 valence electrons. The first-order valence-electron chi connectivity index (χ1n) is 12.8. The molecule has 7 aliphatic rings. The lowest BCUT2D eigenvalue weighted by Crippen LogP contribution is -2.77. The van der Waals surface area contributed by atoms with Crippen molar-refractivity contribution in [3.63, 3.8) is 0 Å². The fourth-order valence-electron chi connectivity index (χ4n) is 8.04. The van der Waals surface area contributed by atoms with Crippen molar-refractivity contribution in [2.45, 2.75) is 96.8 Å². The molecule has 2 spiro atoms. The Morgan fingerprint density at radius 2 is 1.88 bits per heavy atom. The first-order chi connectivity index (χ1) is 16.1. The number of carbonyl (C=O) groups is 2. The molecule has 5 aliphatic heterocycles. The maximum absolute atomic E-state index is 12.8. The van der Waals surface area contributed by atoms with Gasteiger partial charge in [-0.3, -0.25) is 9.59 Å². The standard InChI is InChI=1S/C26H36O8/c1-13(2)21(28)34-23-26-18(10-17(32-23)11-25(26)12-30-25)24(5,14(3)8-20(26)31-15(4)27)19-9-16-6-7-29-22(16)33-19/h6-7,13-14,16-20,22-23H,8-12H2,1-5H3/t14-,16-,17-,18-,19+,20+,22+,23-,24+,25+,26+/m1/s1. The fourth-order valence-corrected chi connectivity index (χ4v) is 8.04. The third-order valence-corrected chi connectivity index (χ3v) is 9.90. The van der Waals surface area contributed by atoms with Crippen molar-refractivity contribution in [3.05, 3.63) is 12.3 Å². The van der Waals surface area contributed by atoms with Crippen molar-refractivity contribution in [1.82, 2.24) is 0 Å². The predicted molar refractivity (Wildman–Crippen MR) is 118 cm³/mol. The van der Waals surface area contributed by atoms with Gasteiger partial charge in [-0.2, -0.15) is 0 Å². The van der Waals surface area contributed by atoms with E-state index in [-0.39, 0.29) is 59.5 Å². The number of fused-ring (bicyclic) bond motifs is 2. The highest BCUT2D eigenvalue weighted by Crippen LogP contribution is 2.74. The van der Waals surface area contributed by atoms with Crippen LogP contribution in [-0.2, 0) is 38.0 Å². The number of esters is 2. The minimum absolute atomic E-state index is 0.0285. The van der Waals surface area contributed by atoms with E-state index in [4.69, 9.17) is 28.4 Å². The lowest BCUT2D eigenvalue weighted by molar-refractivity contribution is -0.376. The highest BCUT2D eigenvalue weighted by molar-refractivity contribution is 5.71. The van der Waals surface area contributed by atoms with E-state index in [1.54, 1.807) is 6.26 Å². The first kappa shape index (κ1) is 22.8. The zero-order valence-electron chi connectivity index (χ0n) is 20.7. The molecule has 2 saturated carbocycles. The number of hydrogen-bond donors (Lipinski definition) is 0. The zero-order chi connectivity index (χ0) is 24.0. The summed E-state index contributed by atoms with van der Waals surface area (Å²) in [4.78, 5) is 25.2. The van der Waals surface area contributed by atoms with Crippen molar-refractivity contribution in [2.75, 3.05) is 6.61 Å². The predicted octanol–water partition coefficient (Wildman–Crippen LogP) is 3.33. The molecule has 2 aliphatic carbocycles. The van der Waals surface area contributed by atoms with E-state index in [0.29, 0.717) is 13.0 Å². The third kappa shape index (κ3) is 2.88. The Hall–Kier alpha value is -1.64. The highest BCUT2D eigenvalue weighted by Gasteiger charge is 2.83. The molecule has 0 aromatic carbocycles. The van der Waals surface area contributed by atoms with Crippen LogP contribution in [0.1, 0.15) is 60.3 Å². The summed E-state index contributed by atoms with van der Waals surface area (Å²) in [5.74, 6) is -0.464. The molecule has 0 aromatic rings. The van der Waals surface area contributed by atoms with Crippen molar-refractivity contribution < 1.29 is 38.0 Å². The molecule has 8 heteroatoms. The van der Waals surface area contributed by atoms with E-state index in [1.807, 2.05) is 13.8 Å². The molecular formula is C26H36O8. The number of hydrogen-bond acceptors (Lipinski definition) is 8. The summed E-state index contributed by atoms with van der Waals surface area (Å²) in [5.41, 5.74) is -1.56. The quantitative estimate of drug-likeness (QED) is 0.451. The first-order valence-corrected chi connectivity index (χ1v) is 12.8. The van der Waals surface area contributed by atoms with E-state index < -0.39 is 23.4 Å². The molecular weight excluding hydrogens is 440 g/mol. The average Bonchev–Trinajstić information content (AvgIpc) is 3.18. The van der Waals surface area contributed by atoms with Gasteiger partial charge in [0, 0.05) is 24.7 Å². The summed E-state index contributed by atoms with van der Waals surface area (Å²) in [7, 11) is 0. The van der Waals surface area contributed by atoms with Gasteiger partial charge in [-0.1, -0.05) is 27.7 Å². The fraction of sp³-hybridized carbons (Fsp3) is 0.846. The molecule has 8 nitrogen and oxygen atoms in total. The molecule has 5 heterocycles. The van der Waals surface area contributed by atoms with Crippen molar-refractivity contribution in [2.24, 2.45) is 34.5 Å². The average molecular weight is 477 g/mol. The van der Waals surface area contributed by atoms with Crippen LogP contribution in [0.2, 0.25) is 0 Å². The smallest absolute Gasteiger partial charge is 0.310 e. The van der Waals surface area contributed by atoms with Crippen LogP contribution >= 0.6 is 0 Å². The zero-order valence-corrected chi connectivity index (χ0v) is 20.7. The molecule has 0 radical (unpaired) electrons. The Bertz CT molecular complexity index is 910. The summed E-state index contributed by atoms with van der Waals surface area (Å²) in [6.45, 7) is 10.2. The second-order valence-electron chi connectivity index (χ2n) is 11.8. The van der Waals surface area contributed by atoms with Crippen LogP contribution in [-0.4, -0.2) is 55.0 Å². The molecule has 0 N–H and O–H groups in total. The van der Waals surface area contributed by atoms with Crippen molar-refractivity contribution >= 4 is 11.9 Å². The number of carbonyl (C=O) groups excluding carboxylic acids is 2. The van der Waals surface area contributed by atoms with Crippen LogP contribution in [0.25, 0.3) is 0 Å². The van der Waals surface area contributed by atoms with Crippen LogP contribution < -0.4 is 0 Å². The second-order valence-corrected chi connectivity index (χ2v) is 11.8. The van der Waals surface area contributed by atoms with Gasteiger partial charge < -0.3 is 28.4 Å². The van der Waals surface area contributed by atoms with Gasteiger partial charge in [0.05, 0.1) is 31.0 Å². The minimum Gasteiger partial charge on any atom is -0.472 e. The monoisotopic (exact) mass is 476 g/mol. The third-order valence-electron chi connectivity index (χ3n) is 9.90. The summed E-state index contributed by atoms with van der Waals surface area (Å²) >= 11 is 0. The van der Waals surface area contributed by atoms with E-state index in [0.717, 1.165) is 19.3 Å².